The van der Waals surface area contributed by atoms with E-state index in [-0.39, 0.29) is 0 Å². The maximum atomic E-state index is 11.7. The Balaban J connectivity index is 1.80. The molecule has 0 aromatic rings. The van der Waals surface area contributed by atoms with Gasteiger partial charge in [0.1, 0.15) is 0 Å². The third kappa shape index (κ3) is 1.92. The Morgan fingerprint density at radius 3 is 2.57 bits per heavy atom. The van der Waals surface area contributed by atoms with E-state index in [0.29, 0.717) is 5.91 Å². The molecule has 0 bridgehead atoms. The fourth-order valence-electron chi connectivity index (χ4n) is 2.55. The second-order valence-corrected chi connectivity index (χ2v) is 4.58. The number of amides is 1. The highest BCUT2D eigenvalue weighted by atomic mass is 16.2. The van der Waals surface area contributed by atoms with Crippen molar-refractivity contribution in [2.45, 2.75) is 26.2 Å². The highest BCUT2D eigenvalue weighted by Gasteiger charge is 2.37. The summed E-state index contributed by atoms with van der Waals surface area (Å²) in [6.45, 7) is 6.36. The fraction of sp³-hybridized carbons (Fsp3) is 0.909. The van der Waals surface area contributed by atoms with Crippen molar-refractivity contribution in [1.29, 1.82) is 0 Å². The molecule has 2 heterocycles. The Bertz CT molecular complexity index is 205. The van der Waals surface area contributed by atoms with Crippen LogP contribution in [0.25, 0.3) is 0 Å². The molecule has 2 aliphatic rings. The smallest absolute Gasteiger partial charge is 0.222 e. The van der Waals surface area contributed by atoms with Gasteiger partial charge in [-0.2, -0.15) is 0 Å². The molecule has 2 aliphatic heterocycles. The molecule has 2 fully saturated rings. The predicted octanol–water partition coefficient (Wildman–Crippen LogP) is 0.854. The number of fused-ring (bicyclic) bond motifs is 1. The standard InChI is InChI=1S/C11H20N2O/c1-2-3-4-11(14)13-7-9-5-12-6-10(9)8-13/h9-10,12H,2-8H2,1H3/t9-,10+. The molecule has 1 N–H and O–H groups in total. The minimum absolute atomic E-state index is 0.376. The molecule has 0 unspecified atom stereocenters. The quantitative estimate of drug-likeness (QED) is 0.726. The number of hydrogen-bond acceptors (Lipinski definition) is 2. The maximum absolute atomic E-state index is 11.7. The number of carbonyl (C=O) groups is 1. The van der Waals surface area contributed by atoms with Crippen LogP contribution >= 0.6 is 0 Å². The third-order valence-corrected chi connectivity index (χ3v) is 3.49. The Morgan fingerprint density at radius 2 is 2.00 bits per heavy atom. The first kappa shape index (κ1) is 9.97. The van der Waals surface area contributed by atoms with Crippen LogP contribution in [-0.4, -0.2) is 37.0 Å². The van der Waals surface area contributed by atoms with Crippen molar-refractivity contribution in [1.82, 2.24) is 10.2 Å². The molecule has 2 saturated heterocycles. The van der Waals surface area contributed by atoms with E-state index in [2.05, 4.69) is 17.1 Å². The van der Waals surface area contributed by atoms with Crippen LogP contribution in [0.5, 0.6) is 0 Å². The Morgan fingerprint density at radius 1 is 1.36 bits per heavy atom. The molecule has 80 valence electrons. The lowest BCUT2D eigenvalue weighted by Crippen LogP contribution is -2.31. The fourth-order valence-corrected chi connectivity index (χ4v) is 2.55. The molecule has 0 aliphatic carbocycles. The van der Waals surface area contributed by atoms with Crippen LogP contribution < -0.4 is 5.32 Å². The summed E-state index contributed by atoms with van der Waals surface area (Å²) in [6.07, 6.45) is 2.92. The van der Waals surface area contributed by atoms with E-state index in [9.17, 15) is 4.79 Å². The van der Waals surface area contributed by atoms with Gasteiger partial charge in [-0.05, 0) is 18.3 Å². The molecule has 2 rings (SSSR count). The van der Waals surface area contributed by atoms with Crippen LogP contribution in [0.4, 0.5) is 0 Å². The zero-order valence-electron chi connectivity index (χ0n) is 8.96. The molecule has 0 aromatic heterocycles. The predicted molar refractivity (Wildman–Crippen MR) is 56.0 cm³/mol. The topological polar surface area (TPSA) is 32.3 Å². The summed E-state index contributed by atoms with van der Waals surface area (Å²) in [6, 6.07) is 0. The van der Waals surface area contributed by atoms with Gasteiger partial charge in [0, 0.05) is 32.6 Å². The van der Waals surface area contributed by atoms with E-state index in [0.717, 1.165) is 57.3 Å². The van der Waals surface area contributed by atoms with Crippen LogP contribution in [0.1, 0.15) is 26.2 Å². The van der Waals surface area contributed by atoms with Gasteiger partial charge in [0.05, 0.1) is 0 Å². The molecule has 1 amide bonds. The Labute approximate surface area is 85.8 Å². The first-order chi connectivity index (χ1) is 6.81. The number of hydrogen-bond donors (Lipinski definition) is 1. The van der Waals surface area contributed by atoms with Crippen LogP contribution in [0.3, 0.4) is 0 Å². The minimum Gasteiger partial charge on any atom is -0.342 e. The molecule has 3 heteroatoms. The molecule has 2 atom stereocenters. The first-order valence-corrected chi connectivity index (χ1v) is 5.79. The second-order valence-electron chi connectivity index (χ2n) is 4.58. The van der Waals surface area contributed by atoms with E-state index in [1.54, 1.807) is 0 Å². The summed E-state index contributed by atoms with van der Waals surface area (Å²) in [5.74, 6) is 1.85. The molecule has 0 spiro atoms. The first-order valence-electron chi connectivity index (χ1n) is 5.79. The summed E-state index contributed by atoms with van der Waals surface area (Å²) in [5.41, 5.74) is 0. The van der Waals surface area contributed by atoms with Crippen molar-refractivity contribution in [3.63, 3.8) is 0 Å². The average Bonchev–Trinajstić information content (AvgIpc) is 2.72. The van der Waals surface area contributed by atoms with Crippen molar-refractivity contribution >= 4 is 5.91 Å². The minimum atomic E-state index is 0.376. The summed E-state index contributed by atoms with van der Waals surface area (Å²) >= 11 is 0. The third-order valence-electron chi connectivity index (χ3n) is 3.49. The Hall–Kier alpha value is -0.570. The largest absolute Gasteiger partial charge is 0.342 e. The molecular weight excluding hydrogens is 176 g/mol. The molecule has 0 aromatic carbocycles. The summed E-state index contributed by atoms with van der Waals surface area (Å²) in [5, 5.41) is 3.39. The van der Waals surface area contributed by atoms with Gasteiger partial charge in [-0.25, -0.2) is 0 Å². The summed E-state index contributed by atoms with van der Waals surface area (Å²) in [4.78, 5) is 13.8. The van der Waals surface area contributed by atoms with Gasteiger partial charge in [-0.1, -0.05) is 13.3 Å². The van der Waals surface area contributed by atoms with Gasteiger partial charge in [-0.15, -0.1) is 0 Å². The molecule has 0 saturated carbocycles. The van der Waals surface area contributed by atoms with E-state index in [1.165, 1.54) is 0 Å². The van der Waals surface area contributed by atoms with Crippen LogP contribution in [-0.2, 0) is 4.79 Å². The van der Waals surface area contributed by atoms with Crippen LogP contribution in [0, 0.1) is 11.8 Å². The second kappa shape index (κ2) is 4.30. The molecule has 3 nitrogen and oxygen atoms in total. The van der Waals surface area contributed by atoms with E-state index >= 15 is 0 Å². The van der Waals surface area contributed by atoms with Gasteiger partial charge >= 0.3 is 0 Å². The number of likely N-dealkylation sites (tertiary alicyclic amines) is 1. The number of carbonyl (C=O) groups excluding carboxylic acids is 1. The molecule has 14 heavy (non-hydrogen) atoms. The zero-order chi connectivity index (χ0) is 9.97. The highest BCUT2D eigenvalue weighted by molar-refractivity contribution is 5.76. The molecular formula is C11H20N2O. The van der Waals surface area contributed by atoms with Crippen molar-refractivity contribution in [3.8, 4) is 0 Å². The van der Waals surface area contributed by atoms with Crippen molar-refractivity contribution in [3.05, 3.63) is 0 Å². The summed E-state index contributed by atoms with van der Waals surface area (Å²) in [7, 11) is 0. The van der Waals surface area contributed by atoms with Gasteiger partial charge in [0.2, 0.25) is 5.91 Å². The molecule has 0 radical (unpaired) electrons. The van der Waals surface area contributed by atoms with E-state index in [4.69, 9.17) is 0 Å². The average molecular weight is 196 g/mol. The monoisotopic (exact) mass is 196 g/mol. The van der Waals surface area contributed by atoms with Crippen molar-refractivity contribution < 1.29 is 4.79 Å². The summed E-state index contributed by atoms with van der Waals surface area (Å²) < 4.78 is 0. The van der Waals surface area contributed by atoms with E-state index < -0.39 is 0 Å². The lowest BCUT2D eigenvalue weighted by Gasteiger charge is -2.17. The number of unbranched alkanes of at least 4 members (excludes halogenated alkanes) is 1. The maximum Gasteiger partial charge on any atom is 0.222 e. The van der Waals surface area contributed by atoms with Gasteiger partial charge in [-0.3, -0.25) is 4.79 Å². The van der Waals surface area contributed by atoms with Crippen LogP contribution in [0.2, 0.25) is 0 Å². The SMILES string of the molecule is CCCCC(=O)N1C[C@H]2CNC[C@H]2C1. The lowest BCUT2D eigenvalue weighted by molar-refractivity contribution is -0.130. The Kier molecular flexibility index (Phi) is 3.06. The van der Waals surface area contributed by atoms with E-state index in [1.807, 2.05) is 0 Å². The number of rotatable bonds is 3. The van der Waals surface area contributed by atoms with Gasteiger partial charge in [0.15, 0.2) is 0 Å². The lowest BCUT2D eigenvalue weighted by atomic mass is 10.0. The zero-order valence-corrected chi connectivity index (χ0v) is 8.96. The van der Waals surface area contributed by atoms with Crippen molar-refractivity contribution in [2.24, 2.45) is 11.8 Å². The highest BCUT2D eigenvalue weighted by Crippen LogP contribution is 2.26. The van der Waals surface area contributed by atoms with Crippen molar-refractivity contribution in [2.75, 3.05) is 26.2 Å². The van der Waals surface area contributed by atoms with Crippen LogP contribution in [0.15, 0.2) is 0 Å². The van der Waals surface area contributed by atoms with Gasteiger partial charge in [0.25, 0.3) is 0 Å². The normalized spacial score (nSPS) is 30.8. The van der Waals surface area contributed by atoms with Gasteiger partial charge < -0.3 is 10.2 Å². The number of nitrogens with one attached hydrogen (secondary N) is 1. The number of nitrogens with zero attached hydrogens (tertiary/aromatic N) is 1.